The molecule has 2 bridgehead atoms. The molecule has 114 valence electrons. The fourth-order valence-electron chi connectivity index (χ4n) is 5.26. The van der Waals surface area contributed by atoms with E-state index in [-0.39, 0.29) is 41.9 Å². The van der Waals surface area contributed by atoms with E-state index < -0.39 is 0 Å². The molecule has 0 amide bonds. The maximum Gasteiger partial charge on any atom is 2.00 e. The summed E-state index contributed by atoms with van der Waals surface area (Å²) in [5, 5.41) is 0. The number of Topliss-reactive ketones (excluding diaryl/α,β-unsaturated/α-hetero) is 1. The van der Waals surface area contributed by atoms with Gasteiger partial charge in [0.05, 0.1) is 7.11 Å². The third-order valence-electron chi connectivity index (χ3n) is 6.48. The zero-order valence-electron chi connectivity index (χ0n) is 13.4. The second-order valence-electron chi connectivity index (χ2n) is 7.22. The summed E-state index contributed by atoms with van der Waals surface area (Å²) >= 11 is 0. The van der Waals surface area contributed by atoms with E-state index in [9.17, 15) is 4.79 Å². The standard InChI is InChI=1S/C19H22O2.U/c1-18-9-7-15(20)12-19(18)8-3-4-14(18)10-13-5-6-16(21-2)11-17(13)19;/h5-6,12,14H,3-4,7-10H2,1-2H3;/q-2;+2/t14-,18+,19-;/m1./s1. The Labute approximate surface area is 156 Å². The van der Waals surface area contributed by atoms with E-state index in [1.165, 1.54) is 24.0 Å². The number of carbonyl (C=O) groups is 1. The van der Waals surface area contributed by atoms with Crippen LogP contribution in [0.1, 0.15) is 50.2 Å². The van der Waals surface area contributed by atoms with E-state index in [0.717, 1.165) is 25.0 Å². The Morgan fingerprint density at radius 1 is 1.36 bits per heavy atom. The van der Waals surface area contributed by atoms with Crippen LogP contribution in [0.3, 0.4) is 0 Å². The average Bonchev–Trinajstić information content (AvgIpc) is 2.47. The van der Waals surface area contributed by atoms with Crippen molar-refractivity contribution in [3.8, 4) is 5.75 Å². The summed E-state index contributed by atoms with van der Waals surface area (Å²) in [5.41, 5.74) is 2.74. The summed E-state index contributed by atoms with van der Waals surface area (Å²) in [7, 11) is 1.69. The Morgan fingerprint density at radius 2 is 2.18 bits per heavy atom. The number of hydrogen-bond donors (Lipinski definition) is 0. The average molecular weight is 520 g/mol. The minimum absolute atomic E-state index is 0. The molecule has 0 N–H and O–H groups in total. The van der Waals surface area contributed by atoms with E-state index in [4.69, 9.17) is 4.74 Å². The van der Waals surface area contributed by atoms with Crippen LogP contribution in [-0.2, 0) is 16.6 Å². The number of ether oxygens (including phenoxy) is 1. The fraction of sp³-hybridized carbons (Fsp3) is 0.579. The molecule has 0 aliphatic heterocycles. The van der Waals surface area contributed by atoms with Gasteiger partial charge in [-0.15, -0.1) is 17.5 Å². The molecular formula is C19H22O2U. The molecule has 22 heavy (non-hydrogen) atoms. The number of benzene rings is 1. The SMILES string of the molecule is COc1[c-]c2c(cc1)C[C@H]1CCC[C@@]23[CH-]C(=O)CC[C@@]13C.[U+2]. The molecule has 4 rings (SSSR count). The monoisotopic (exact) mass is 520 g/mol. The van der Waals surface area contributed by atoms with Crippen LogP contribution in [0.2, 0.25) is 0 Å². The van der Waals surface area contributed by atoms with E-state index in [0.29, 0.717) is 18.1 Å². The molecule has 0 heterocycles. The summed E-state index contributed by atoms with van der Waals surface area (Å²) in [6.07, 6.45) is 8.53. The van der Waals surface area contributed by atoms with Crippen LogP contribution >= 0.6 is 0 Å². The minimum atomic E-state index is -0.104. The molecule has 3 aliphatic carbocycles. The van der Waals surface area contributed by atoms with Crippen LogP contribution in [0.25, 0.3) is 0 Å². The van der Waals surface area contributed by atoms with Crippen molar-refractivity contribution in [3.63, 3.8) is 0 Å². The Kier molecular flexibility index (Phi) is 4.20. The molecule has 0 saturated heterocycles. The Bertz CT molecular complexity index is 611. The molecule has 0 unspecified atom stereocenters. The minimum Gasteiger partial charge on any atom is -0.523 e. The van der Waals surface area contributed by atoms with Crippen molar-refractivity contribution in [3.05, 3.63) is 35.7 Å². The van der Waals surface area contributed by atoms with Gasteiger partial charge in [-0.05, 0) is 30.0 Å². The van der Waals surface area contributed by atoms with E-state index >= 15 is 0 Å². The number of fused-ring (bicyclic) bond motifs is 1. The van der Waals surface area contributed by atoms with E-state index in [2.05, 4.69) is 25.5 Å². The van der Waals surface area contributed by atoms with Gasteiger partial charge in [-0.3, -0.25) is 0 Å². The van der Waals surface area contributed by atoms with Gasteiger partial charge in [0.25, 0.3) is 0 Å². The first-order valence-corrected chi connectivity index (χ1v) is 8.07. The van der Waals surface area contributed by atoms with Crippen LogP contribution in [0.15, 0.2) is 12.1 Å². The molecule has 0 spiro atoms. The van der Waals surface area contributed by atoms with Gasteiger partial charge in [0.2, 0.25) is 0 Å². The first-order valence-electron chi connectivity index (χ1n) is 8.07. The van der Waals surface area contributed by atoms with Crippen molar-refractivity contribution in [2.75, 3.05) is 7.11 Å². The van der Waals surface area contributed by atoms with Gasteiger partial charge in [-0.2, -0.15) is 17.2 Å². The van der Waals surface area contributed by atoms with Crippen molar-refractivity contribution < 1.29 is 40.6 Å². The topological polar surface area (TPSA) is 26.3 Å². The quantitative estimate of drug-likeness (QED) is 0.529. The van der Waals surface area contributed by atoms with Gasteiger partial charge >= 0.3 is 31.1 Å². The summed E-state index contributed by atoms with van der Waals surface area (Å²) in [6, 6.07) is 7.70. The van der Waals surface area contributed by atoms with Crippen molar-refractivity contribution in [2.24, 2.45) is 11.3 Å². The van der Waals surface area contributed by atoms with E-state index in [1.807, 2.05) is 6.07 Å². The fourth-order valence-corrected chi connectivity index (χ4v) is 5.26. The molecule has 0 radical (unpaired) electrons. The van der Waals surface area contributed by atoms with Crippen molar-refractivity contribution in [1.82, 2.24) is 0 Å². The first-order chi connectivity index (χ1) is 10.1. The van der Waals surface area contributed by atoms with Gasteiger partial charge in [-0.1, -0.05) is 32.6 Å². The Morgan fingerprint density at radius 3 is 2.95 bits per heavy atom. The Hall–Kier alpha value is -0.388. The van der Waals surface area contributed by atoms with Gasteiger partial charge in [0.15, 0.2) is 0 Å². The molecule has 3 aliphatic rings. The zero-order valence-corrected chi connectivity index (χ0v) is 17.5. The van der Waals surface area contributed by atoms with Crippen molar-refractivity contribution in [1.29, 1.82) is 0 Å². The smallest absolute Gasteiger partial charge is 0.523 e. The molecule has 1 aromatic rings. The van der Waals surface area contributed by atoms with Crippen LogP contribution in [0.5, 0.6) is 5.75 Å². The summed E-state index contributed by atoms with van der Waals surface area (Å²) in [4.78, 5) is 12.2. The van der Waals surface area contributed by atoms with Crippen LogP contribution in [0, 0.1) is 54.9 Å². The van der Waals surface area contributed by atoms with Gasteiger partial charge < -0.3 is 16.0 Å². The molecule has 0 aromatic heterocycles. The van der Waals surface area contributed by atoms with Crippen molar-refractivity contribution in [2.45, 2.75) is 50.9 Å². The molecule has 1 aromatic carbocycles. The third-order valence-corrected chi connectivity index (χ3v) is 6.48. The maximum atomic E-state index is 12.2. The summed E-state index contributed by atoms with van der Waals surface area (Å²) in [5.74, 6) is 1.81. The van der Waals surface area contributed by atoms with Gasteiger partial charge in [-0.25, -0.2) is 0 Å². The molecule has 2 fully saturated rings. The van der Waals surface area contributed by atoms with E-state index in [1.54, 1.807) is 7.11 Å². The first kappa shape index (κ1) is 16.5. The Balaban J connectivity index is 0.00000144. The second kappa shape index (κ2) is 5.60. The van der Waals surface area contributed by atoms with Crippen LogP contribution in [0.4, 0.5) is 0 Å². The molecule has 2 nitrogen and oxygen atoms in total. The van der Waals surface area contributed by atoms with Crippen molar-refractivity contribution >= 4 is 5.78 Å². The number of methoxy groups -OCH3 is 1. The number of carbonyl (C=O) groups excluding carboxylic acids is 1. The molecule has 3 atom stereocenters. The summed E-state index contributed by atoms with van der Waals surface area (Å²) < 4.78 is 5.40. The summed E-state index contributed by atoms with van der Waals surface area (Å²) in [6.45, 7) is 2.41. The molecule has 2 saturated carbocycles. The number of ketones is 1. The number of hydrogen-bond acceptors (Lipinski definition) is 2. The molecule has 3 heteroatoms. The second-order valence-corrected chi connectivity index (χ2v) is 7.22. The third kappa shape index (κ3) is 2.05. The van der Waals surface area contributed by atoms with Crippen LogP contribution < -0.4 is 4.74 Å². The normalized spacial score (nSPS) is 35.5. The largest absolute Gasteiger partial charge is 2.00 e. The van der Waals surface area contributed by atoms with Crippen LogP contribution in [-0.4, -0.2) is 12.9 Å². The predicted octanol–water partition coefficient (Wildman–Crippen LogP) is 3.66. The number of rotatable bonds is 1. The van der Waals surface area contributed by atoms with Gasteiger partial charge in [0, 0.05) is 5.75 Å². The maximum absolute atomic E-state index is 12.2. The van der Waals surface area contributed by atoms with Gasteiger partial charge in [0.1, 0.15) is 0 Å². The predicted molar refractivity (Wildman–Crippen MR) is 81.2 cm³/mol. The zero-order chi connectivity index (χ0) is 14.7. The molecular weight excluding hydrogens is 498 g/mol.